The Morgan fingerprint density at radius 3 is 2.57 bits per heavy atom. The highest BCUT2D eigenvalue weighted by molar-refractivity contribution is 5.88. The molecule has 0 unspecified atom stereocenters. The molecule has 2 aromatic carbocycles. The van der Waals surface area contributed by atoms with Gasteiger partial charge in [-0.25, -0.2) is 4.79 Å². The van der Waals surface area contributed by atoms with E-state index in [1.807, 2.05) is 29.2 Å². The highest BCUT2D eigenvalue weighted by Gasteiger charge is 2.31. The topological polar surface area (TPSA) is 96.4 Å². The van der Waals surface area contributed by atoms with Gasteiger partial charge >= 0.3 is 5.97 Å². The van der Waals surface area contributed by atoms with Crippen LogP contribution in [0.3, 0.4) is 0 Å². The predicted octanol–water partition coefficient (Wildman–Crippen LogP) is 3.17. The molecule has 1 heterocycles. The number of carboxylic acids is 1. The lowest BCUT2D eigenvalue weighted by molar-refractivity contribution is -0.145. The fourth-order valence-corrected chi connectivity index (χ4v) is 4.10. The van der Waals surface area contributed by atoms with Crippen LogP contribution in [0.1, 0.15) is 37.3 Å². The van der Waals surface area contributed by atoms with E-state index in [-0.39, 0.29) is 18.4 Å². The standard InChI is InChI=1S/C27H34N2O6/c1-3-4-7-15-29-16-14-21-8-5-6-9-24(21)35-18-25(30)28(2)23(27(29)33)17-20-10-12-22(13-11-20)34-19-26(31)32/h5-6,8-13,23H,3-4,7,14-19H2,1-2H3,(H,31,32)/t23-/m0/s1. The first-order valence-electron chi connectivity index (χ1n) is 12.1. The van der Waals surface area contributed by atoms with Crippen LogP contribution in [0, 0.1) is 0 Å². The SMILES string of the molecule is CCCCCN1CCc2ccccc2OCC(=O)N(C)[C@@H](Cc2ccc(OCC(=O)O)cc2)C1=O. The Labute approximate surface area is 206 Å². The first-order chi connectivity index (χ1) is 16.9. The van der Waals surface area contributed by atoms with Gasteiger partial charge in [-0.1, -0.05) is 50.1 Å². The first kappa shape index (κ1) is 26.1. The number of benzene rings is 2. The molecule has 1 aliphatic heterocycles. The van der Waals surface area contributed by atoms with Gasteiger partial charge in [-0.3, -0.25) is 9.59 Å². The molecular weight excluding hydrogens is 448 g/mol. The van der Waals surface area contributed by atoms with Crippen molar-refractivity contribution in [1.29, 1.82) is 0 Å². The van der Waals surface area contributed by atoms with Crippen LogP contribution in [0.2, 0.25) is 0 Å². The van der Waals surface area contributed by atoms with Gasteiger partial charge in [0.25, 0.3) is 5.91 Å². The van der Waals surface area contributed by atoms with Gasteiger partial charge in [0.15, 0.2) is 13.2 Å². The number of likely N-dealkylation sites (N-methyl/N-ethyl adjacent to an activating group) is 1. The molecule has 0 spiro atoms. The Kier molecular flexibility index (Phi) is 9.52. The van der Waals surface area contributed by atoms with Crippen molar-refractivity contribution >= 4 is 17.8 Å². The second-order valence-electron chi connectivity index (χ2n) is 8.73. The summed E-state index contributed by atoms with van der Waals surface area (Å²) in [6.07, 6.45) is 3.96. The molecule has 0 radical (unpaired) electrons. The van der Waals surface area contributed by atoms with Gasteiger partial charge in [0.1, 0.15) is 17.5 Å². The second-order valence-corrected chi connectivity index (χ2v) is 8.73. The summed E-state index contributed by atoms with van der Waals surface area (Å²) >= 11 is 0. The normalized spacial score (nSPS) is 16.8. The van der Waals surface area contributed by atoms with Gasteiger partial charge in [-0.2, -0.15) is 0 Å². The van der Waals surface area contributed by atoms with Crippen molar-refractivity contribution in [2.45, 2.75) is 45.1 Å². The molecule has 1 aliphatic rings. The molecule has 35 heavy (non-hydrogen) atoms. The molecule has 0 aromatic heterocycles. The number of carbonyl (C=O) groups excluding carboxylic acids is 2. The number of para-hydroxylation sites is 1. The quantitative estimate of drug-likeness (QED) is 0.552. The van der Waals surface area contributed by atoms with Crippen LogP contribution in [-0.4, -0.2) is 72.1 Å². The van der Waals surface area contributed by atoms with Crippen molar-refractivity contribution in [3.63, 3.8) is 0 Å². The fraction of sp³-hybridized carbons (Fsp3) is 0.444. The summed E-state index contributed by atoms with van der Waals surface area (Å²) in [5.74, 6) is -0.297. The van der Waals surface area contributed by atoms with Crippen LogP contribution in [0.5, 0.6) is 11.5 Å². The molecule has 0 saturated carbocycles. The van der Waals surface area contributed by atoms with Crippen LogP contribution in [0.25, 0.3) is 0 Å². The summed E-state index contributed by atoms with van der Waals surface area (Å²) in [6, 6.07) is 13.9. The molecule has 8 nitrogen and oxygen atoms in total. The van der Waals surface area contributed by atoms with Gasteiger partial charge in [0, 0.05) is 26.6 Å². The van der Waals surface area contributed by atoms with Crippen molar-refractivity contribution < 1.29 is 29.0 Å². The van der Waals surface area contributed by atoms with Gasteiger partial charge < -0.3 is 24.4 Å². The minimum atomic E-state index is -1.05. The van der Waals surface area contributed by atoms with E-state index in [0.29, 0.717) is 37.4 Å². The van der Waals surface area contributed by atoms with Crippen molar-refractivity contribution in [1.82, 2.24) is 9.80 Å². The molecule has 188 valence electrons. The summed E-state index contributed by atoms with van der Waals surface area (Å²) in [4.78, 5) is 40.9. The van der Waals surface area contributed by atoms with Crippen LogP contribution < -0.4 is 9.47 Å². The van der Waals surface area contributed by atoms with E-state index >= 15 is 0 Å². The molecule has 3 rings (SSSR count). The largest absolute Gasteiger partial charge is 0.483 e. The van der Waals surface area contributed by atoms with Crippen molar-refractivity contribution in [3.05, 3.63) is 59.7 Å². The molecule has 1 atom stereocenters. The summed E-state index contributed by atoms with van der Waals surface area (Å²) in [6.45, 7) is 2.74. The maximum Gasteiger partial charge on any atom is 0.341 e. The van der Waals surface area contributed by atoms with Crippen LogP contribution in [0.4, 0.5) is 0 Å². The Morgan fingerprint density at radius 1 is 1.11 bits per heavy atom. The molecule has 2 aromatic rings. The van der Waals surface area contributed by atoms with Crippen molar-refractivity contribution in [2.24, 2.45) is 0 Å². The van der Waals surface area contributed by atoms with E-state index in [4.69, 9.17) is 14.6 Å². The predicted molar refractivity (Wildman–Crippen MR) is 132 cm³/mol. The lowest BCUT2D eigenvalue weighted by Crippen LogP contribution is -2.52. The van der Waals surface area contributed by atoms with E-state index in [1.165, 1.54) is 4.90 Å². The van der Waals surface area contributed by atoms with E-state index < -0.39 is 18.6 Å². The van der Waals surface area contributed by atoms with E-state index in [0.717, 1.165) is 30.4 Å². The molecule has 2 amide bonds. The van der Waals surface area contributed by atoms with Gasteiger partial charge in [0.05, 0.1) is 0 Å². The maximum absolute atomic E-state index is 13.8. The van der Waals surface area contributed by atoms with E-state index in [1.54, 1.807) is 31.3 Å². The summed E-state index contributed by atoms with van der Waals surface area (Å²) in [7, 11) is 1.65. The molecule has 8 heteroatoms. The first-order valence-corrected chi connectivity index (χ1v) is 12.1. The van der Waals surface area contributed by atoms with Crippen LogP contribution >= 0.6 is 0 Å². The number of aliphatic carboxylic acids is 1. The summed E-state index contributed by atoms with van der Waals surface area (Å²) in [5.41, 5.74) is 1.82. The highest BCUT2D eigenvalue weighted by atomic mass is 16.5. The van der Waals surface area contributed by atoms with Crippen molar-refractivity contribution in [2.75, 3.05) is 33.4 Å². The molecule has 0 aliphatic carbocycles. The fourth-order valence-electron chi connectivity index (χ4n) is 4.10. The maximum atomic E-state index is 13.8. The lowest BCUT2D eigenvalue weighted by atomic mass is 10.0. The third kappa shape index (κ3) is 7.47. The minimum absolute atomic E-state index is 0.0810. The summed E-state index contributed by atoms with van der Waals surface area (Å²) < 4.78 is 11.0. The van der Waals surface area contributed by atoms with Crippen LogP contribution in [-0.2, 0) is 27.2 Å². The zero-order chi connectivity index (χ0) is 25.2. The van der Waals surface area contributed by atoms with E-state index in [9.17, 15) is 14.4 Å². The molecule has 0 fully saturated rings. The van der Waals surface area contributed by atoms with Gasteiger partial charge in [0.2, 0.25) is 5.91 Å². The zero-order valence-corrected chi connectivity index (χ0v) is 20.4. The smallest absolute Gasteiger partial charge is 0.341 e. The van der Waals surface area contributed by atoms with E-state index in [2.05, 4.69) is 6.92 Å². The average molecular weight is 483 g/mol. The monoisotopic (exact) mass is 482 g/mol. The van der Waals surface area contributed by atoms with Gasteiger partial charge in [-0.05, 0) is 42.2 Å². The lowest BCUT2D eigenvalue weighted by Gasteiger charge is -2.32. The number of amides is 2. The Bertz CT molecular complexity index is 1010. The molecule has 0 saturated heterocycles. The number of fused-ring (bicyclic) bond motifs is 1. The molecule has 0 bridgehead atoms. The third-order valence-corrected chi connectivity index (χ3v) is 6.18. The Hall–Kier alpha value is -3.55. The average Bonchev–Trinajstić information content (AvgIpc) is 2.87. The summed E-state index contributed by atoms with van der Waals surface area (Å²) in [5, 5.41) is 8.79. The number of hydrogen-bond acceptors (Lipinski definition) is 5. The number of unbranched alkanes of at least 4 members (excludes halogenated alkanes) is 2. The Balaban J connectivity index is 1.84. The number of rotatable bonds is 9. The van der Waals surface area contributed by atoms with Gasteiger partial charge in [-0.15, -0.1) is 0 Å². The molecule has 1 N–H and O–H groups in total. The number of ether oxygens (including phenoxy) is 2. The zero-order valence-electron chi connectivity index (χ0n) is 20.4. The third-order valence-electron chi connectivity index (χ3n) is 6.18. The number of nitrogens with zero attached hydrogens (tertiary/aromatic N) is 2. The minimum Gasteiger partial charge on any atom is -0.483 e. The number of carboxylic acid groups (broad SMARTS) is 1. The molecular formula is C27H34N2O6. The second kappa shape index (κ2) is 12.8. The number of hydrogen-bond donors (Lipinski definition) is 1. The Morgan fingerprint density at radius 2 is 1.86 bits per heavy atom. The number of carbonyl (C=O) groups is 3. The van der Waals surface area contributed by atoms with Crippen LogP contribution in [0.15, 0.2) is 48.5 Å². The highest BCUT2D eigenvalue weighted by Crippen LogP contribution is 2.22. The van der Waals surface area contributed by atoms with Crippen molar-refractivity contribution in [3.8, 4) is 11.5 Å².